The SMILES string of the molecule is C=C(O)Cc1cccc(Br)c1. The highest BCUT2D eigenvalue weighted by Gasteiger charge is 1.94. The molecule has 0 heterocycles. The Balaban J connectivity index is 2.79. The van der Waals surface area contributed by atoms with Crippen LogP contribution in [0.3, 0.4) is 0 Å². The smallest absolute Gasteiger partial charge is 0.0894 e. The number of hydrogen-bond acceptors (Lipinski definition) is 1. The first kappa shape index (κ1) is 8.34. The molecule has 0 saturated carbocycles. The lowest BCUT2D eigenvalue weighted by atomic mass is 10.1. The fourth-order valence-corrected chi connectivity index (χ4v) is 1.33. The standard InChI is InChI=1S/C9H9BrO/c1-7(11)5-8-3-2-4-9(10)6-8/h2-4,6,11H,1,5H2. The van der Waals surface area contributed by atoms with Gasteiger partial charge in [-0.05, 0) is 17.7 Å². The fourth-order valence-electron chi connectivity index (χ4n) is 0.883. The minimum Gasteiger partial charge on any atom is -0.513 e. The lowest BCUT2D eigenvalue weighted by Crippen LogP contribution is -1.86. The Morgan fingerprint density at radius 2 is 2.27 bits per heavy atom. The van der Waals surface area contributed by atoms with Crippen LogP contribution in [0.15, 0.2) is 41.1 Å². The third-order valence-electron chi connectivity index (χ3n) is 1.30. The zero-order valence-electron chi connectivity index (χ0n) is 6.05. The lowest BCUT2D eigenvalue weighted by molar-refractivity contribution is 0.401. The lowest BCUT2D eigenvalue weighted by Gasteiger charge is -1.98. The highest BCUT2D eigenvalue weighted by atomic mass is 79.9. The predicted molar refractivity (Wildman–Crippen MR) is 49.6 cm³/mol. The van der Waals surface area contributed by atoms with Crippen molar-refractivity contribution in [1.82, 2.24) is 0 Å². The van der Waals surface area contributed by atoms with E-state index in [1.807, 2.05) is 24.3 Å². The molecule has 2 heteroatoms. The number of hydrogen-bond donors (Lipinski definition) is 1. The summed E-state index contributed by atoms with van der Waals surface area (Å²) in [5, 5.41) is 8.89. The summed E-state index contributed by atoms with van der Waals surface area (Å²) < 4.78 is 1.02. The van der Waals surface area contributed by atoms with E-state index in [0.29, 0.717) is 6.42 Å². The van der Waals surface area contributed by atoms with Crippen LogP contribution in [0.4, 0.5) is 0 Å². The monoisotopic (exact) mass is 212 g/mol. The molecule has 1 nitrogen and oxygen atoms in total. The van der Waals surface area contributed by atoms with Gasteiger partial charge in [0.15, 0.2) is 0 Å². The van der Waals surface area contributed by atoms with Crippen LogP contribution < -0.4 is 0 Å². The molecular weight excluding hydrogens is 204 g/mol. The Labute approximate surface area is 74.5 Å². The zero-order valence-corrected chi connectivity index (χ0v) is 7.63. The molecule has 0 radical (unpaired) electrons. The number of aliphatic hydroxyl groups is 1. The van der Waals surface area contributed by atoms with Crippen LogP contribution in [0.2, 0.25) is 0 Å². The zero-order chi connectivity index (χ0) is 8.27. The second-order valence-corrected chi connectivity index (χ2v) is 3.29. The van der Waals surface area contributed by atoms with Gasteiger partial charge in [-0.1, -0.05) is 34.6 Å². The molecule has 58 valence electrons. The second-order valence-electron chi connectivity index (χ2n) is 2.37. The second kappa shape index (κ2) is 3.58. The van der Waals surface area contributed by atoms with Crippen molar-refractivity contribution in [2.75, 3.05) is 0 Å². The molecule has 11 heavy (non-hydrogen) atoms. The van der Waals surface area contributed by atoms with E-state index in [9.17, 15) is 0 Å². The van der Waals surface area contributed by atoms with Crippen molar-refractivity contribution in [3.8, 4) is 0 Å². The number of rotatable bonds is 2. The summed E-state index contributed by atoms with van der Waals surface area (Å²) in [5.41, 5.74) is 1.06. The molecule has 0 aliphatic rings. The molecule has 0 aliphatic heterocycles. The number of halogens is 1. The molecule has 1 aromatic rings. The number of benzene rings is 1. The minimum absolute atomic E-state index is 0.197. The maximum absolute atomic E-state index is 8.89. The Kier molecular flexibility index (Phi) is 2.71. The Morgan fingerprint density at radius 3 is 2.82 bits per heavy atom. The molecular formula is C9H9BrO. The van der Waals surface area contributed by atoms with E-state index >= 15 is 0 Å². The van der Waals surface area contributed by atoms with Gasteiger partial charge in [0.05, 0.1) is 5.76 Å². The highest BCUT2D eigenvalue weighted by Crippen LogP contribution is 2.13. The molecule has 0 unspecified atom stereocenters. The number of allylic oxidation sites excluding steroid dienone is 1. The average molecular weight is 213 g/mol. The van der Waals surface area contributed by atoms with Gasteiger partial charge in [-0.15, -0.1) is 0 Å². The van der Waals surface area contributed by atoms with Gasteiger partial charge < -0.3 is 5.11 Å². The van der Waals surface area contributed by atoms with E-state index in [1.165, 1.54) is 0 Å². The third-order valence-corrected chi connectivity index (χ3v) is 1.79. The van der Waals surface area contributed by atoms with Crippen molar-refractivity contribution < 1.29 is 5.11 Å². The maximum atomic E-state index is 8.89. The molecule has 0 bridgehead atoms. The van der Waals surface area contributed by atoms with Gasteiger partial charge in [-0.25, -0.2) is 0 Å². The highest BCUT2D eigenvalue weighted by molar-refractivity contribution is 9.10. The molecule has 0 aromatic heterocycles. The van der Waals surface area contributed by atoms with E-state index in [0.717, 1.165) is 10.0 Å². The predicted octanol–water partition coefficient (Wildman–Crippen LogP) is 3.06. The molecule has 1 N–H and O–H groups in total. The summed E-state index contributed by atoms with van der Waals surface area (Å²) in [6, 6.07) is 7.79. The largest absolute Gasteiger partial charge is 0.513 e. The van der Waals surface area contributed by atoms with E-state index in [2.05, 4.69) is 22.5 Å². The maximum Gasteiger partial charge on any atom is 0.0894 e. The van der Waals surface area contributed by atoms with Crippen molar-refractivity contribution in [1.29, 1.82) is 0 Å². The molecule has 1 aromatic carbocycles. The minimum atomic E-state index is 0.197. The molecule has 0 amide bonds. The van der Waals surface area contributed by atoms with Crippen LogP contribution in [0.1, 0.15) is 5.56 Å². The van der Waals surface area contributed by atoms with Crippen LogP contribution >= 0.6 is 15.9 Å². The summed E-state index contributed by atoms with van der Waals surface area (Å²) in [6.45, 7) is 3.42. The van der Waals surface area contributed by atoms with Gasteiger partial charge in [-0.3, -0.25) is 0 Å². The van der Waals surface area contributed by atoms with Crippen molar-refractivity contribution in [2.24, 2.45) is 0 Å². The van der Waals surface area contributed by atoms with Gasteiger partial charge in [0.2, 0.25) is 0 Å². The number of aliphatic hydroxyl groups excluding tert-OH is 1. The van der Waals surface area contributed by atoms with Crippen LogP contribution in [0, 0.1) is 0 Å². The Hall–Kier alpha value is -0.760. The normalized spacial score (nSPS) is 9.55. The van der Waals surface area contributed by atoms with Crippen molar-refractivity contribution in [3.05, 3.63) is 46.6 Å². The third kappa shape index (κ3) is 2.76. The first-order chi connectivity index (χ1) is 5.18. The van der Waals surface area contributed by atoms with Gasteiger partial charge in [0.25, 0.3) is 0 Å². The summed E-state index contributed by atoms with van der Waals surface area (Å²) in [6.07, 6.45) is 0.527. The van der Waals surface area contributed by atoms with Gasteiger partial charge >= 0.3 is 0 Å². The Bertz CT molecular complexity index is 268. The Morgan fingerprint density at radius 1 is 1.55 bits per heavy atom. The van der Waals surface area contributed by atoms with Crippen molar-refractivity contribution >= 4 is 15.9 Å². The summed E-state index contributed by atoms with van der Waals surface area (Å²) >= 11 is 3.34. The molecule has 1 rings (SSSR count). The van der Waals surface area contributed by atoms with E-state index < -0.39 is 0 Å². The fraction of sp³-hybridized carbons (Fsp3) is 0.111. The van der Waals surface area contributed by atoms with E-state index in [-0.39, 0.29) is 5.76 Å². The van der Waals surface area contributed by atoms with Gasteiger partial charge in [0, 0.05) is 10.9 Å². The van der Waals surface area contributed by atoms with Crippen molar-refractivity contribution in [3.63, 3.8) is 0 Å². The summed E-state index contributed by atoms with van der Waals surface area (Å²) in [5.74, 6) is 0.197. The quantitative estimate of drug-likeness (QED) is 0.748. The molecule has 0 spiro atoms. The first-order valence-corrected chi connectivity index (χ1v) is 4.09. The summed E-state index contributed by atoms with van der Waals surface area (Å²) in [4.78, 5) is 0. The van der Waals surface area contributed by atoms with Gasteiger partial charge in [-0.2, -0.15) is 0 Å². The summed E-state index contributed by atoms with van der Waals surface area (Å²) in [7, 11) is 0. The van der Waals surface area contributed by atoms with Crippen LogP contribution in [0.25, 0.3) is 0 Å². The van der Waals surface area contributed by atoms with Crippen LogP contribution in [0.5, 0.6) is 0 Å². The average Bonchev–Trinajstić information content (AvgIpc) is 1.85. The molecule has 0 atom stereocenters. The van der Waals surface area contributed by atoms with Crippen LogP contribution in [-0.4, -0.2) is 5.11 Å². The molecule has 0 aliphatic carbocycles. The van der Waals surface area contributed by atoms with E-state index in [4.69, 9.17) is 5.11 Å². The van der Waals surface area contributed by atoms with E-state index in [1.54, 1.807) is 0 Å². The van der Waals surface area contributed by atoms with Gasteiger partial charge in [0.1, 0.15) is 0 Å². The molecule has 0 fully saturated rings. The first-order valence-electron chi connectivity index (χ1n) is 3.29. The van der Waals surface area contributed by atoms with Crippen LogP contribution in [-0.2, 0) is 6.42 Å². The topological polar surface area (TPSA) is 20.2 Å². The van der Waals surface area contributed by atoms with Crippen molar-refractivity contribution in [2.45, 2.75) is 6.42 Å². The molecule has 0 saturated heterocycles.